The number of rotatable bonds is 7. The van der Waals surface area contributed by atoms with Gasteiger partial charge in [-0.2, -0.15) is 35.9 Å². The maximum absolute atomic E-state index is 12.7. The Morgan fingerprint density at radius 1 is 1.18 bits per heavy atom. The molecular formula is C19H20F3N5O5S2. The summed E-state index contributed by atoms with van der Waals surface area (Å²) in [4.78, 5) is 4.22. The number of thioether (sulfide) groups is 1. The van der Waals surface area contributed by atoms with Crippen molar-refractivity contribution in [1.29, 1.82) is 0 Å². The van der Waals surface area contributed by atoms with E-state index in [0.29, 0.717) is 22.7 Å². The van der Waals surface area contributed by atoms with Crippen molar-refractivity contribution < 1.29 is 36.4 Å². The summed E-state index contributed by atoms with van der Waals surface area (Å²) in [6.45, 7) is -0.265. The lowest BCUT2D eigenvalue weighted by Crippen LogP contribution is -2.37. The maximum atomic E-state index is 12.7. The van der Waals surface area contributed by atoms with Crippen molar-refractivity contribution in [3.63, 3.8) is 0 Å². The monoisotopic (exact) mass is 519 g/mol. The van der Waals surface area contributed by atoms with Crippen molar-refractivity contribution in [3.05, 3.63) is 42.6 Å². The second-order valence-electron chi connectivity index (χ2n) is 7.76. The van der Waals surface area contributed by atoms with Crippen LogP contribution in [-0.4, -0.2) is 68.1 Å². The molecule has 0 aliphatic heterocycles. The van der Waals surface area contributed by atoms with Crippen LogP contribution in [0.2, 0.25) is 0 Å². The molecule has 10 nitrogen and oxygen atoms in total. The van der Waals surface area contributed by atoms with Crippen LogP contribution < -0.4 is 10.0 Å². The molecule has 0 saturated heterocycles. The smallest absolute Gasteiger partial charge is 0.390 e. The number of aliphatic hydroxyl groups is 2. The topological polar surface area (TPSA) is 149 Å². The van der Waals surface area contributed by atoms with Crippen LogP contribution >= 0.6 is 11.8 Å². The first-order valence-corrected chi connectivity index (χ1v) is 12.2. The highest BCUT2D eigenvalue weighted by molar-refractivity contribution is 8.00. The number of aliphatic hydroxyl groups excluding tert-OH is 2. The number of alkyl halides is 3. The number of benzene rings is 1. The van der Waals surface area contributed by atoms with Gasteiger partial charge in [0.2, 0.25) is 0 Å². The fraction of sp³-hybridized carbons (Fsp3) is 0.368. The molecule has 4 atom stereocenters. The second-order valence-corrected chi connectivity index (χ2v) is 10.1. The summed E-state index contributed by atoms with van der Waals surface area (Å²) in [7, 11) is -4.44. The van der Waals surface area contributed by atoms with E-state index in [9.17, 15) is 31.8 Å². The van der Waals surface area contributed by atoms with Crippen molar-refractivity contribution in [1.82, 2.24) is 19.3 Å². The van der Waals surface area contributed by atoms with Gasteiger partial charge in [-0.25, -0.2) is 4.98 Å². The van der Waals surface area contributed by atoms with E-state index in [1.165, 1.54) is 28.9 Å². The second kappa shape index (κ2) is 9.31. The number of nitrogens with zero attached hydrogens (tertiary/aromatic N) is 3. The lowest BCUT2D eigenvalue weighted by molar-refractivity contribution is -0.0328. The van der Waals surface area contributed by atoms with E-state index in [0.717, 1.165) is 0 Å². The van der Waals surface area contributed by atoms with Crippen LogP contribution in [0, 0.1) is 5.92 Å². The Kier molecular flexibility index (Phi) is 6.76. The molecule has 5 N–H and O–H groups in total. The predicted molar refractivity (Wildman–Crippen MR) is 117 cm³/mol. The quantitative estimate of drug-likeness (QED) is 0.233. The molecule has 2 aromatic heterocycles. The highest BCUT2D eigenvalue weighted by Gasteiger charge is 2.42. The summed E-state index contributed by atoms with van der Waals surface area (Å²) in [6, 6.07) is 8.34. The minimum Gasteiger partial charge on any atom is -0.390 e. The van der Waals surface area contributed by atoms with Gasteiger partial charge < -0.3 is 15.5 Å². The molecule has 0 unspecified atom stereocenters. The number of nitrogens with one attached hydrogen (secondary N) is 2. The number of fused-ring (bicyclic) bond motifs is 1. The van der Waals surface area contributed by atoms with Crippen LogP contribution in [0.15, 0.2) is 47.5 Å². The molecule has 0 spiro atoms. The number of hydrogen-bond donors (Lipinski definition) is 5. The van der Waals surface area contributed by atoms with Gasteiger partial charge in [-0.1, -0.05) is 12.1 Å². The molecule has 4 rings (SSSR count). The van der Waals surface area contributed by atoms with E-state index in [-0.39, 0.29) is 29.6 Å². The lowest BCUT2D eigenvalue weighted by Gasteiger charge is -2.19. The van der Waals surface area contributed by atoms with E-state index in [2.05, 4.69) is 15.4 Å². The molecule has 0 amide bonds. The third-order valence-electron chi connectivity index (χ3n) is 5.38. The third-order valence-corrected chi connectivity index (χ3v) is 6.64. The molecule has 34 heavy (non-hydrogen) atoms. The van der Waals surface area contributed by atoms with E-state index < -0.39 is 40.0 Å². The molecule has 1 aliphatic carbocycles. The molecule has 1 saturated carbocycles. The zero-order valence-corrected chi connectivity index (χ0v) is 18.8. The SMILES string of the molecule is O=S(=O)(O)NC[C@H]1C[C@@H](Nc2ccnc3cc(-c4cccc(SC(F)(F)F)c4)nn23)[C@H](O)[C@@H]1O. The van der Waals surface area contributed by atoms with Gasteiger partial charge in [0, 0.05) is 35.2 Å². The molecular weight excluding hydrogens is 499 g/mol. The van der Waals surface area contributed by atoms with Gasteiger partial charge in [-0.3, -0.25) is 4.55 Å². The first kappa shape index (κ1) is 24.7. The van der Waals surface area contributed by atoms with Gasteiger partial charge in [-0.05, 0) is 36.4 Å². The Labute approximate surface area is 196 Å². The van der Waals surface area contributed by atoms with Crippen molar-refractivity contribution >= 4 is 33.5 Å². The first-order valence-electron chi connectivity index (χ1n) is 9.95. The summed E-state index contributed by atoms with van der Waals surface area (Å²) in [5, 5.41) is 28.1. The Morgan fingerprint density at radius 2 is 1.94 bits per heavy atom. The molecule has 0 radical (unpaired) electrons. The molecule has 1 fully saturated rings. The van der Waals surface area contributed by atoms with Crippen molar-refractivity contribution in [2.24, 2.45) is 5.92 Å². The van der Waals surface area contributed by atoms with Crippen molar-refractivity contribution in [3.8, 4) is 11.3 Å². The number of anilines is 1. The predicted octanol–water partition coefficient (Wildman–Crippen LogP) is 1.92. The maximum Gasteiger partial charge on any atom is 0.446 e. The summed E-state index contributed by atoms with van der Waals surface area (Å²) < 4.78 is 72.2. The molecule has 1 aliphatic rings. The number of halogens is 3. The minimum atomic E-state index is -4.44. The summed E-state index contributed by atoms with van der Waals surface area (Å²) >= 11 is -0.226. The van der Waals surface area contributed by atoms with Crippen molar-refractivity contribution in [2.75, 3.05) is 11.9 Å². The Bertz CT molecular complexity index is 1290. The van der Waals surface area contributed by atoms with Crippen LogP contribution in [0.25, 0.3) is 16.9 Å². The molecule has 15 heteroatoms. The Balaban J connectivity index is 1.56. The average molecular weight is 520 g/mol. The zero-order chi connectivity index (χ0) is 24.7. The van der Waals surface area contributed by atoms with E-state index in [4.69, 9.17) is 4.55 Å². The van der Waals surface area contributed by atoms with Gasteiger partial charge >= 0.3 is 15.8 Å². The van der Waals surface area contributed by atoms with Crippen LogP contribution in [0.5, 0.6) is 0 Å². The van der Waals surface area contributed by atoms with E-state index >= 15 is 0 Å². The van der Waals surface area contributed by atoms with E-state index in [1.54, 1.807) is 18.2 Å². The van der Waals surface area contributed by atoms with Gasteiger partial charge in [0.1, 0.15) is 11.9 Å². The first-order chi connectivity index (χ1) is 15.9. The zero-order valence-electron chi connectivity index (χ0n) is 17.2. The summed E-state index contributed by atoms with van der Waals surface area (Å²) in [5.41, 5.74) is -3.18. The lowest BCUT2D eigenvalue weighted by atomic mass is 10.1. The molecule has 3 aromatic rings. The van der Waals surface area contributed by atoms with Crippen LogP contribution in [0.3, 0.4) is 0 Å². The molecule has 2 heterocycles. The largest absolute Gasteiger partial charge is 0.446 e. The van der Waals surface area contributed by atoms with Gasteiger partial charge in [0.05, 0.1) is 17.8 Å². The summed E-state index contributed by atoms with van der Waals surface area (Å²) in [6.07, 6.45) is -0.818. The van der Waals surface area contributed by atoms with Crippen molar-refractivity contribution in [2.45, 2.75) is 35.1 Å². The van der Waals surface area contributed by atoms with Gasteiger partial charge in [0.15, 0.2) is 5.65 Å². The van der Waals surface area contributed by atoms with E-state index in [1.807, 2.05) is 4.72 Å². The fourth-order valence-electron chi connectivity index (χ4n) is 3.87. The van der Waals surface area contributed by atoms with Crippen LogP contribution in [-0.2, 0) is 10.3 Å². The molecule has 184 valence electrons. The molecule has 1 aromatic carbocycles. The molecule has 0 bridgehead atoms. The van der Waals surface area contributed by atoms with Gasteiger partial charge in [-0.15, -0.1) is 0 Å². The van der Waals surface area contributed by atoms with Crippen LogP contribution in [0.1, 0.15) is 6.42 Å². The minimum absolute atomic E-state index is 0.0148. The standard InChI is InChI=1S/C19H20F3N5O5S2/c20-19(21,22)33-12-3-1-2-10(6-12)13-8-16-23-5-4-15(27(16)26-13)25-14-7-11(17(28)18(14)29)9-24-34(30,31)32/h1-6,8,11,14,17-18,24-25,28-29H,7,9H2,(H,30,31,32)/t11-,14-,17-,18+/m1/s1. The van der Waals surface area contributed by atoms with Crippen LogP contribution in [0.4, 0.5) is 19.0 Å². The number of aromatic nitrogens is 3. The average Bonchev–Trinajstić information content (AvgIpc) is 3.28. The van der Waals surface area contributed by atoms with Gasteiger partial charge in [0.25, 0.3) is 0 Å². The normalized spacial score (nSPS) is 23.5. The highest BCUT2D eigenvalue weighted by Crippen LogP contribution is 2.38. The third kappa shape index (κ3) is 5.79. The highest BCUT2D eigenvalue weighted by atomic mass is 32.2. The summed E-state index contributed by atoms with van der Waals surface area (Å²) in [5.74, 6) is -0.259. The Morgan fingerprint density at radius 3 is 2.65 bits per heavy atom. The fourth-order valence-corrected chi connectivity index (χ4v) is 4.90. The Hall–Kier alpha value is -2.43. The number of hydrogen-bond acceptors (Lipinski definition) is 8.